The average Bonchev–Trinajstić information content (AvgIpc) is 2.65. The van der Waals surface area contributed by atoms with Crippen LogP contribution in [0.2, 0.25) is 0 Å². The summed E-state index contributed by atoms with van der Waals surface area (Å²) in [5.74, 6) is 1.39. The molecule has 0 aliphatic heterocycles. The van der Waals surface area contributed by atoms with Crippen molar-refractivity contribution in [1.29, 1.82) is 0 Å². The number of aryl methyl sites for hydroxylation is 3. The van der Waals surface area contributed by atoms with Crippen LogP contribution in [-0.2, 0) is 12.9 Å². The summed E-state index contributed by atoms with van der Waals surface area (Å²) in [7, 11) is 1.76. The second kappa shape index (κ2) is 5.50. The van der Waals surface area contributed by atoms with Crippen LogP contribution in [0.15, 0.2) is 18.2 Å². The van der Waals surface area contributed by atoms with Gasteiger partial charge in [0.15, 0.2) is 0 Å². The number of ether oxygens (including phenoxy) is 1. The van der Waals surface area contributed by atoms with Crippen molar-refractivity contribution in [1.82, 2.24) is 9.78 Å². The molecule has 106 valence electrons. The van der Waals surface area contributed by atoms with Crippen molar-refractivity contribution < 1.29 is 9.66 Å². The van der Waals surface area contributed by atoms with Crippen LogP contribution in [0.5, 0.6) is 11.6 Å². The molecule has 0 bridgehead atoms. The standard InChI is InChI=1S/C13H14ClN3O3/c1-8-6-10(17(18)19)4-5-12(8)20-13-11(7-14)9(2)15-16(13)3/h4-6H,7H2,1-3H3. The van der Waals surface area contributed by atoms with Crippen LogP contribution in [0.25, 0.3) is 0 Å². The molecule has 6 nitrogen and oxygen atoms in total. The highest BCUT2D eigenvalue weighted by molar-refractivity contribution is 6.17. The van der Waals surface area contributed by atoms with Gasteiger partial charge in [-0.3, -0.25) is 10.1 Å². The lowest BCUT2D eigenvalue weighted by Gasteiger charge is -2.10. The Kier molecular flexibility index (Phi) is 3.94. The monoisotopic (exact) mass is 295 g/mol. The molecule has 1 aromatic carbocycles. The van der Waals surface area contributed by atoms with Crippen molar-refractivity contribution in [2.75, 3.05) is 0 Å². The van der Waals surface area contributed by atoms with Gasteiger partial charge in [-0.05, 0) is 25.5 Å². The Bertz CT molecular complexity index is 667. The largest absolute Gasteiger partial charge is 0.439 e. The number of non-ortho nitro benzene ring substituents is 1. The molecule has 0 fully saturated rings. The van der Waals surface area contributed by atoms with Crippen LogP contribution >= 0.6 is 11.6 Å². The minimum atomic E-state index is -0.435. The molecule has 0 spiro atoms. The maximum Gasteiger partial charge on any atom is 0.269 e. The highest BCUT2D eigenvalue weighted by Gasteiger charge is 2.16. The Morgan fingerprint density at radius 1 is 1.45 bits per heavy atom. The van der Waals surface area contributed by atoms with E-state index in [9.17, 15) is 10.1 Å². The van der Waals surface area contributed by atoms with E-state index in [1.54, 1.807) is 24.7 Å². The molecular weight excluding hydrogens is 282 g/mol. The van der Waals surface area contributed by atoms with Crippen LogP contribution in [0.3, 0.4) is 0 Å². The summed E-state index contributed by atoms with van der Waals surface area (Å²) in [6.45, 7) is 3.61. The van der Waals surface area contributed by atoms with Gasteiger partial charge in [0, 0.05) is 19.2 Å². The van der Waals surface area contributed by atoms with Crippen LogP contribution in [0.4, 0.5) is 5.69 Å². The molecule has 0 aliphatic carbocycles. The van der Waals surface area contributed by atoms with Crippen molar-refractivity contribution in [2.24, 2.45) is 7.05 Å². The number of aromatic nitrogens is 2. The minimum Gasteiger partial charge on any atom is -0.439 e. The highest BCUT2D eigenvalue weighted by atomic mass is 35.5. The van der Waals surface area contributed by atoms with Gasteiger partial charge >= 0.3 is 0 Å². The molecule has 20 heavy (non-hydrogen) atoms. The zero-order valence-corrected chi connectivity index (χ0v) is 12.1. The number of rotatable bonds is 4. The Balaban J connectivity index is 2.38. The van der Waals surface area contributed by atoms with E-state index in [0.717, 1.165) is 11.3 Å². The molecule has 0 unspecified atom stereocenters. The van der Waals surface area contributed by atoms with Gasteiger partial charge in [0.1, 0.15) is 5.75 Å². The summed E-state index contributed by atoms with van der Waals surface area (Å²) in [5.41, 5.74) is 2.33. The van der Waals surface area contributed by atoms with Gasteiger partial charge in [-0.25, -0.2) is 4.68 Å². The van der Waals surface area contributed by atoms with Crippen LogP contribution in [0, 0.1) is 24.0 Å². The Morgan fingerprint density at radius 2 is 2.15 bits per heavy atom. The van der Waals surface area contributed by atoms with E-state index in [1.807, 2.05) is 6.92 Å². The predicted molar refractivity (Wildman–Crippen MR) is 75.4 cm³/mol. The third-order valence-electron chi connectivity index (χ3n) is 3.00. The van der Waals surface area contributed by atoms with Crippen molar-refractivity contribution in [3.63, 3.8) is 0 Å². The predicted octanol–water partition coefficient (Wildman–Crippen LogP) is 3.48. The van der Waals surface area contributed by atoms with Crippen LogP contribution < -0.4 is 4.74 Å². The molecule has 7 heteroatoms. The number of nitro benzene ring substituents is 1. The summed E-state index contributed by atoms with van der Waals surface area (Å²) >= 11 is 5.90. The molecule has 0 amide bonds. The molecule has 0 radical (unpaired) electrons. The van der Waals surface area contributed by atoms with Gasteiger partial charge < -0.3 is 4.74 Å². The van der Waals surface area contributed by atoms with Crippen molar-refractivity contribution >= 4 is 17.3 Å². The first-order chi connectivity index (χ1) is 9.43. The Hall–Kier alpha value is -2.08. The van der Waals surface area contributed by atoms with Gasteiger partial charge in [-0.15, -0.1) is 11.6 Å². The van der Waals surface area contributed by atoms with Crippen LogP contribution in [-0.4, -0.2) is 14.7 Å². The van der Waals surface area contributed by atoms with E-state index >= 15 is 0 Å². The number of alkyl halides is 1. The van der Waals surface area contributed by atoms with E-state index in [1.165, 1.54) is 12.1 Å². The Labute approximate surface area is 121 Å². The van der Waals surface area contributed by atoms with E-state index < -0.39 is 4.92 Å². The van der Waals surface area contributed by atoms with E-state index in [4.69, 9.17) is 16.3 Å². The van der Waals surface area contributed by atoms with E-state index in [2.05, 4.69) is 5.10 Å². The number of nitrogens with zero attached hydrogens (tertiary/aromatic N) is 3. The molecule has 0 saturated carbocycles. The summed E-state index contributed by atoms with van der Waals surface area (Å²) in [6.07, 6.45) is 0. The molecular formula is C13H14ClN3O3. The van der Waals surface area contributed by atoms with Crippen molar-refractivity contribution in [3.05, 3.63) is 45.1 Å². The first-order valence-electron chi connectivity index (χ1n) is 5.95. The second-order valence-corrected chi connectivity index (χ2v) is 4.70. The first kappa shape index (κ1) is 14.3. The quantitative estimate of drug-likeness (QED) is 0.492. The molecule has 1 aromatic heterocycles. The lowest BCUT2D eigenvalue weighted by molar-refractivity contribution is -0.384. The van der Waals surface area contributed by atoms with Crippen molar-refractivity contribution in [2.45, 2.75) is 19.7 Å². The zero-order valence-electron chi connectivity index (χ0n) is 11.4. The lowest BCUT2D eigenvalue weighted by Crippen LogP contribution is -1.98. The van der Waals surface area contributed by atoms with Crippen molar-refractivity contribution in [3.8, 4) is 11.6 Å². The summed E-state index contributed by atoms with van der Waals surface area (Å²) in [6, 6.07) is 4.46. The second-order valence-electron chi connectivity index (χ2n) is 4.44. The number of hydrogen-bond donors (Lipinski definition) is 0. The fourth-order valence-electron chi connectivity index (χ4n) is 1.93. The summed E-state index contributed by atoms with van der Waals surface area (Å²) in [4.78, 5) is 10.3. The Morgan fingerprint density at radius 3 is 2.70 bits per heavy atom. The maximum absolute atomic E-state index is 10.7. The number of hydrogen-bond acceptors (Lipinski definition) is 4. The molecule has 0 aliphatic rings. The molecule has 1 heterocycles. The van der Waals surface area contributed by atoms with Gasteiger partial charge in [-0.2, -0.15) is 5.10 Å². The SMILES string of the molecule is Cc1cc([N+](=O)[O-])ccc1Oc1c(CCl)c(C)nn1C. The third-order valence-corrected chi connectivity index (χ3v) is 3.27. The summed E-state index contributed by atoms with van der Waals surface area (Å²) < 4.78 is 7.42. The lowest BCUT2D eigenvalue weighted by atomic mass is 10.2. The first-order valence-corrected chi connectivity index (χ1v) is 6.48. The topological polar surface area (TPSA) is 70.2 Å². The average molecular weight is 296 g/mol. The fraction of sp³-hybridized carbons (Fsp3) is 0.308. The number of halogens is 1. The minimum absolute atomic E-state index is 0.0357. The van der Waals surface area contributed by atoms with Gasteiger partial charge in [-0.1, -0.05) is 0 Å². The molecule has 0 N–H and O–H groups in total. The van der Waals surface area contributed by atoms with E-state index in [-0.39, 0.29) is 5.69 Å². The highest BCUT2D eigenvalue weighted by Crippen LogP contribution is 2.31. The molecule has 0 saturated heterocycles. The van der Waals surface area contributed by atoms with Gasteiger partial charge in [0.2, 0.25) is 5.88 Å². The van der Waals surface area contributed by atoms with Gasteiger partial charge in [0.25, 0.3) is 5.69 Å². The van der Waals surface area contributed by atoms with Crippen LogP contribution in [0.1, 0.15) is 16.8 Å². The van der Waals surface area contributed by atoms with E-state index in [0.29, 0.717) is 23.1 Å². The number of nitro groups is 1. The third kappa shape index (κ3) is 2.60. The summed E-state index contributed by atoms with van der Waals surface area (Å²) in [5, 5.41) is 15.0. The van der Waals surface area contributed by atoms with Gasteiger partial charge in [0.05, 0.1) is 22.1 Å². The molecule has 0 atom stereocenters. The maximum atomic E-state index is 10.7. The fourth-order valence-corrected chi connectivity index (χ4v) is 2.24. The molecule has 2 rings (SSSR count). The zero-order chi connectivity index (χ0) is 14.9. The smallest absolute Gasteiger partial charge is 0.269 e. The normalized spacial score (nSPS) is 10.6. The number of benzene rings is 1. The molecule has 2 aromatic rings.